The number of aromatic carboxylic acids is 1. The van der Waals surface area contributed by atoms with Gasteiger partial charge in [0.25, 0.3) is 0 Å². The number of carbonyl (C=O) groups excluding carboxylic acids is 1. The van der Waals surface area contributed by atoms with Crippen molar-refractivity contribution in [1.82, 2.24) is 4.72 Å². The Balaban J connectivity index is 1.61. The molecule has 2 aromatic rings. The van der Waals surface area contributed by atoms with Gasteiger partial charge < -0.3 is 14.8 Å². The number of carboxylic acid groups (broad SMARTS) is 1. The third-order valence-electron chi connectivity index (χ3n) is 4.69. The van der Waals surface area contributed by atoms with E-state index < -0.39 is 27.7 Å². The fourth-order valence-electron chi connectivity index (χ4n) is 3.27. The number of hydrogen-bond donors (Lipinski definition) is 3. The Morgan fingerprint density at radius 3 is 2.56 bits per heavy atom. The summed E-state index contributed by atoms with van der Waals surface area (Å²) in [6.07, 6.45) is 3.51. The smallest absolute Gasteiger partial charge is 0.371 e. The zero-order chi connectivity index (χ0) is 19.6. The second-order valence-electron chi connectivity index (χ2n) is 7.05. The molecule has 0 atom stereocenters. The number of benzene rings is 1. The number of anilines is 1. The summed E-state index contributed by atoms with van der Waals surface area (Å²) < 4.78 is 32.2. The lowest BCUT2D eigenvalue weighted by molar-refractivity contribution is -0.113. The second kappa shape index (κ2) is 7.69. The molecule has 0 bridgehead atoms. The van der Waals surface area contributed by atoms with Crippen LogP contribution in [0.4, 0.5) is 5.69 Å². The zero-order valence-corrected chi connectivity index (χ0v) is 15.7. The van der Waals surface area contributed by atoms with E-state index in [1.165, 1.54) is 24.3 Å². The van der Waals surface area contributed by atoms with Gasteiger partial charge in [-0.2, -0.15) is 0 Å². The molecule has 1 aliphatic rings. The van der Waals surface area contributed by atoms with Gasteiger partial charge in [0, 0.05) is 17.1 Å². The van der Waals surface area contributed by atoms with Gasteiger partial charge in [0.05, 0.1) is 0 Å². The molecule has 8 nitrogen and oxygen atoms in total. The number of furan rings is 1. The maximum absolute atomic E-state index is 12.2. The molecule has 3 N–H and O–H groups in total. The zero-order valence-electron chi connectivity index (χ0n) is 14.9. The number of carboxylic acids is 1. The standard InChI is InChI=1S/C18H22N2O6S/c1-11-2-4-13(5-3-11)20-27(24,25)10-17(21)19-14-6-7-15-12(8-14)9-16(26-15)18(22)23/h6-9,11,13,20H,2-5,10H2,1H3,(H,19,21)(H,22,23). The van der Waals surface area contributed by atoms with Crippen LogP contribution in [0.15, 0.2) is 28.7 Å². The van der Waals surface area contributed by atoms with Crippen LogP contribution < -0.4 is 10.0 Å². The number of sulfonamides is 1. The first kappa shape index (κ1) is 19.4. The minimum Gasteiger partial charge on any atom is -0.475 e. The van der Waals surface area contributed by atoms with Crippen LogP contribution in [0.5, 0.6) is 0 Å². The predicted molar refractivity (Wildman–Crippen MR) is 100 cm³/mol. The average Bonchev–Trinajstić information content (AvgIpc) is 2.99. The van der Waals surface area contributed by atoms with Crippen molar-refractivity contribution in [2.45, 2.75) is 38.6 Å². The molecule has 1 aromatic carbocycles. The molecule has 1 saturated carbocycles. The lowest BCUT2D eigenvalue weighted by Crippen LogP contribution is -2.41. The van der Waals surface area contributed by atoms with Gasteiger partial charge in [-0.15, -0.1) is 0 Å². The highest BCUT2D eigenvalue weighted by molar-refractivity contribution is 7.90. The van der Waals surface area contributed by atoms with Gasteiger partial charge in [0.1, 0.15) is 11.3 Å². The van der Waals surface area contributed by atoms with Crippen molar-refractivity contribution in [3.8, 4) is 0 Å². The summed E-state index contributed by atoms with van der Waals surface area (Å²) in [6, 6.07) is 5.81. The summed E-state index contributed by atoms with van der Waals surface area (Å²) in [5.41, 5.74) is 0.734. The molecule has 1 aromatic heterocycles. The van der Waals surface area contributed by atoms with Crippen molar-refractivity contribution in [2.75, 3.05) is 11.1 Å². The molecule has 1 aliphatic carbocycles. The van der Waals surface area contributed by atoms with E-state index in [-0.39, 0.29) is 11.8 Å². The Bertz CT molecular complexity index is 957. The molecule has 0 unspecified atom stereocenters. The monoisotopic (exact) mass is 394 g/mol. The third kappa shape index (κ3) is 5.08. The van der Waals surface area contributed by atoms with E-state index in [4.69, 9.17) is 9.52 Å². The molecule has 0 aliphatic heterocycles. The van der Waals surface area contributed by atoms with Gasteiger partial charge >= 0.3 is 5.97 Å². The van der Waals surface area contributed by atoms with E-state index in [2.05, 4.69) is 17.0 Å². The molecule has 27 heavy (non-hydrogen) atoms. The van der Waals surface area contributed by atoms with Crippen molar-refractivity contribution in [1.29, 1.82) is 0 Å². The van der Waals surface area contributed by atoms with Gasteiger partial charge in [-0.05, 0) is 55.9 Å². The van der Waals surface area contributed by atoms with Gasteiger partial charge in [0.2, 0.25) is 21.7 Å². The first-order chi connectivity index (χ1) is 12.7. The minimum atomic E-state index is -3.73. The molecule has 0 spiro atoms. The van der Waals surface area contributed by atoms with Crippen molar-refractivity contribution < 1.29 is 27.5 Å². The van der Waals surface area contributed by atoms with Crippen LogP contribution in [0.3, 0.4) is 0 Å². The van der Waals surface area contributed by atoms with Crippen LogP contribution in [0.25, 0.3) is 11.0 Å². The molecule has 1 fully saturated rings. The number of nitrogens with one attached hydrogen (secondary N) is 2. The highest BCUT2D eigenvalue weighted by atomic mass is 32.2. The van der Waals surface area contributed by atoms with Crippen molar-refractivity contribution in [2.24, 2.45) is 5.92 Å². The molecule has 1 amide bonds. The lowest BCUT2D eigenvalue weighted by atomic mass is 9.88. The highest BCUT2D eigenvalue weighted by Crippen LogP contribution is 2.24. The Hall–Kier alpha value is -2.39. The van der Waals surface area contributed by atoms with Crippen molar-refractivity contribution in [3.05, 3.63) is 30.0 Å². The summed E-state index contributed by atoms with van der Waals surface area (Å²) in [5.74, 6) is -2.11. The molecule has 0 saturated heterocycles. The molecule has 0 radical (unpaired) electrons. The van der Waals surface area contributed by atoms with Gasteiger partial charge in [-0.3, -0.25) is 4.79 Å². The predicted octanol–water partition coefficient (Wildman–Crippen LogP) is 2.57. The SMILES string of the molecule is CC1CCC(NS(=O)(=O)CC(=O)Nc2ccc3oc(C(=O)O)cc3c2)CC1. The molecule has 146 valence electrons. The molecular formula is C18H22N2O6S. The first-order valence-corrected chi connectivity index (χ1v) is 10.4. The number of fused-ring (bicyclic) bond motifs is 1. The van der Waals surface area contributed by atoms with Crippen LogP contribution in [0.2, 0.25) is 0 Å². The van der Waals surface area contributed by atoms with Crippen LogP contribution in [-0.2, 0) is 14.8 Å². The summed E-state index contributed by atoms with van der Waals surface area (Å²) in [6.45, 7) is 2.15. The summed E-state index contributed by atoms with van der Waals surface area (Å²) in [4.78, 5) is 23.1. The van der Waals surface area contributed by atoms with E-state index in [1.807, 2.05) is 0 Å². The number of hydrogen-bond acceptors (Lipinski definition) is 5. The normalized spacial score (nSPS) is 20.5. The minimum absolute atomic E-state index is 0.115. The number of amides is 1. The maximum Gasteiger partial charge on any atom is 0.371 e. The van der Waals surface area contributed by atoms with E-state index in [1.54, 1.807) is 0 Å². The van der Waals surface area contributed by atoms with Gasteiger partial charge in [-0.1, -0.05) is 6.92 Å². The highest BCUT2D eigenvalue weighted by Gasteiger charge is 2.24. The Kier molecular flexibility index (Phi) is 5.52. The average molecular weight is 394 g/mol. The lowest BCUT2D eigenvalue weighted by Gasteiger charge is -2.26. The van der Waals surface area contributed by atoms with E-state index in [9.17, 15) is 18.0 Å². The fourth-order valence-corrected chi connectivity index (χ4v) is 4.51. The maximum atomic E-state index is 12.2. The van der Waals surface area contributed by atoms with Crippen LogP contribution in [0, 0.1) is 5.92 Å². The molecule has 9 heteroatoms. The fraction of sp³-hybridized carbons (Fsp3) is 0.444. The second-order valence-corrected chi connectivity index (χ2v) is 8.80. The van der Waals surface area contributed by atoms with E-state index >= 15 is 0 Å². The Morgan fingerprint density at radius 2 is 1.89 bits per heavy atom. The van der Waals surface area contributed by atoms with Crippen LogP contribution >= 0.6 is 0 Å². The summed E-state index contributed by atoms with van der Waals surface area (Å²) >= 11 is 0. The van der Waals surface area contributed by atoms with Crippen molar-refractivity contribution in [3.63, 3.8) is 0 Å². The largest absolute Gasteiger partial charge is 0.475 e. The van der Waals surface area contributed by atoms with Crippen LogP contribution in [-0.4, -0.2) is 37.2 Å². The van der Waals surface area contributed by atoms with Crippen molar-refractivity contribution >= 4 is 38.6 Å². The topological polar surface area (TPSA) is 126 Å². The number of carbonyl (C=O) groups is 2. The molecular weight excluding hydrogens is 372 g/mol. The van der Waals surface area contributed by atoms with E-state index in [0.29, 0.717) is 22.6 Å². The number of rotatable bonds is 6. The Labute approximate surface area is 157 Å². The quantitative estimate of drug-likeness (QED) is 0.691. The van der Waals surface area contributed by atoms with Crippen LogP contribution in [0.1, 0.15) is 43.2 Å². The molecule has 3 rings (SSSR count). The van der Waals surface area contributed by atoms with E-state index in [0.717, 1.165) is 25.7 Å². The Morgan fingerprint density at radius 1 is 1.19 bits per heavy atom. The van der Waals surface area contributed by atoms with Gasteiger partial charge in [0.15, 0.2) is 0 Å². The van der Waals surface area contributed by atoms with Gasteiger partial charge in [-0.25, -0.2) is 17.9 Å². The third-order valence-corrected chi connectivity index (χ3v) is 6.03. The summed E-state index contributed by atoms with van der Waals surface area (Å²) in [5, 5.41) is 12.0. The first-order valence-electron chi connectivity index (χ1n) is 8.78. The molecule has 1 heterocycles. The summed E-state index contributed by atoms with van der Waals surface area (Å²) in [7, 11) is -3.73.